The molecule has 0 aliphatic carbocycles. The van der Waals surface area contributed by atoms with E-state index in [4.69, 9.17) is 60.6 Å². The van der Waals surface area contributed by atoms with Crippen LogP contribution in [0, 0.1) is 11.6 Å². The van der Waals surface area contributed by atoms with Gasteiger partial charge in [-0.15, -0.1) is 0 Å². The highest BCUT2D eigenvalue weighted by atomic mass is 35.5. The normalized spacial score (nSPS) is 16.1. The van der Waals surface area contributed by atoms with Crippen LogP contribution in [0.4, 0.5) is 26.6 Å². The van der Waals surface area contributed by atoms with Crippen molar-refractivity contribution in [2.45, 2.75) is 121 Å². The van der Waals surface area contributed by atoms with Gasteiger partial charge in [0.15, 0.2) is 11.6 Å². The van der Waals surface area contributed by atoms with E-state index in [-0.39, 0.29) is 108 Å². The monoisotopic (exact) mass is 1690 g/mol. The molecule has 117 heavy (non-hydrogen) atoms. The number of carbonyl (C=O) groups excluding carboxylic acids is 6. The van der Waals surface area contributed by atoms with Gasteiger partial charge in [0, 0.05) is 112 Å². The van der Waals surface area contributed by atoms with Crippen molar-refractivity contribution < 1.29 is 77.3 Å². The first-order chi connectivity index (χ1) is 56.1. The third kappa shape index (κ3) is 21.0. The summed E-state index contributed by atoms with van der Waals surface area (Å²) >= 11 is 25.1. The van der Waals surface area contributed by atoms with E-state index in [2.05, 4.69) is 71.8 Å². The Hall–Kier alpha value is -10.8. The summed E-state index contributed by atoms with van der Waals surface area (Å²) in [6.07, 6.45) is 11.3. The Kier molecular flexibility index (Phi) is 29.3. The zero-order valence-electron chi connectivity index (χ0n) is 64.6. The molecule has 0 radical (unpaired) electrons. The number of halogens is 6. The lowest BCUT2D eigenvalue weighted by atomic mass is 10.1. The second-order valence-corrected chi connectivity index (χ2v) is 29.6. The molecule has 6 amide bonds. The Morgan fingerprint density at radius 1 is 0.504 bits per heavy atom. The molecule has 0 saturated carbocycles. The number of methoxy groups -OCH3 is 2. The third-order valence-electron chi connectivity index (χ3n) is 19.8. The van der Waals surface area contributed by atoms with Crippen LogP contribution in [-0.2, 0) is 38.8 Å². The summed E-state index contributed by atoms with van der Waals surface area (Å²) in [7, 11) is 2.77. The maximum Gasteiger partial charge on any atom is 0.290 e. The van der Waals surface area contributed by atoms with E-state index < -0.39 is 84.7 Å². The van der Waals surface area contributed by atoms with Gasteiger partial charge in [-0.25, -0.2) is 48.7 Å². The highest BCUT2D eigenvalue weighted by molar-refractivity contribution is 6.33. The van der Waals surface area contributed by atoms with Crippen molar-refractivity contribution in [1.82, 2.24) is 84.2 Å². The van der Waals surface area contributed by atoms with E-state index in [1.807, 2.05) is 10.8 Å². The predicted octanol–water partition coefficient (Wildman–Crippen LogP) is 6.79. The number of hydrogen-bond acceptors (Lipinski definition) is 25. The minimum atomic E-state index is -0.908. The summed E-state index contributed by atoms with van der Waals surface area (Å²) < 4.78 is 48.7. The van der Waals surface area contributed by atoms with E-state index in [9.17, 15) is 63.1 Å². The van der Waals surface area contributed by atoms with E-state index in [1.165, 1.54) is 77.7 Å². The predicted molar refractivity (Wildman–Crippen MR) is 428 cm³/mol. The van der Waals surface area contributed by atoms with Gasteiger partial charge in [0.25, 0.3) is 17.7 Å². The van der Waals surface area contributed by atoms with Gasteiger partial charge in [-0.2, -0.15) is 0 Å². The van der Waals surface area contributed by atoms with Crippen LogP contribution < -0.4 is 41.4 Å². The number of amides is 6. The Morgan fingerprint density at radius 2 is 0.923 bits per heavy atom. The van der Waals surface area contributed by atoms with Gasteiger partial charge in [0.2, 0.25) is 35.6 Å². The van der Waals surface area contributed by atoms with Crippen molar-refractivity contribution in [2.75, 3.05) is 96.1 Å². The van der Waals surface area contributed by atoms with Crippen molar-refractivity contribution in [2.24, 2.45) is 0 Å². The highest BCUT2D eigenvalue weighted by Crippen LogP contribution is 2.34. The maximum atomic E-state index is 14.0. The van der Waals surface area contributed by atoms with Crippen LogP contribution in [0.3, 0.4) is 0 Å². The first kappa shape index (κ1) is 87.0. The van der Waals surface area contributed by atoms with Crippen LogP contribution in [0.25, 0.3) is 34.0 Å². The van der Waals surface area contributed by atoms with Crippen LogP contribution in [-0.4, -0.2) is 246 Å². The summed E-state index contributed by atoms with van der Waals surface area (Å²) in [4.78, 5) is 118. The van der Waals surface area contributed by atoms with Gasteiger partial charge in [0.05, 0.1) is 105 Å². The molecule has 3 aromatic carbocycles. The number of carbonyl (C=O) groups is 6. The number of aliphatic hydroxyl groups is 5. The van der Waals surface area contributed by atoms with Crippen molar-refractivity contribution in [3.05, 3.63) is 170 Å². The van der Waals surface area contributed by atoms with Gasteiger partial charge in [0.1, 0.15) is 69.7 Å². The molecule has 1 saturated heterocycles. The average molecular weight is 1700 g/mol. The minimum Gasteiger partial charge on any atom is -0.497 e. The van der Waals surface area contributed by atoms with E-state index in [0.717, 1.165) is 12.8 Å². The second-order valence-electron chi connectivity index (χ2n) is 27.9. The Morgan fingerprint density at radius 3 is 1.36 bits per heavy atom. The van der Waals surface area contributed by atoms with Crippen LogP contribution in [0.5, 0.6) is 11.5 Å². The lowest BCUT2D eigenvalue weighted by Crippen LogP contribution is -2.52. The first-order valence-electron chi connectivity index (χ1n) is 37.3. The molecule has 9 aromatic rings. The standard InChI is InChI=1S/C27H30Cl2N6O4.2C25H29ClFN7O5/c1-16(25(37)32-22(15-36)17-3-2-4-19(28)11-17)35-8-7-34-14-18(12-23(34)26(35)38)24-21(29)13-30-27(33-24)31-20-5-9-39-10-6-20;2*1-13(11-35)29-25-28-9-18(26)21(32-25)19-10-33-4-5-34(24(38)22(33)30-19)14(2)23(37)31-20(12-36)15-6-16(27)8-17(7-15)39-3/h2-4,11-14,16,20,22,36H,5-10,15H2,1H3,(H,32,37)(H,30,31,33);2*6-10,13-14,20,35-36H,4-5,11-12H2,1-3H3,(H,31,37)(H,28,29,32)/t16-,22-;13-,14+,20+;13-,14-,20+/m100/s1. The lowest BCUT2D eigenvalue weighted by Gasteiger charge is -2.33. The molecule has 13 rings (SSSR count). The van der Waals surface area contributed by atoms with Gasteiger partial charge in [-0.05, 0) is 107 Å². The van der Waals surface area contributed by atoms with E-state index in [0.29, 0.717) is 112 Å². The number of nitrogens with one attached hydrogen (secondary N) is 6. The van der Waals surface area contributed by atoms with Crippen molar-refractivity contribution >= 4 is 99.7 Å². The fraction of sp³-hybridized carbons (Fsp3) is 0.403. The van der Waals surface area contributed by atoms with Crippen LogP contribution in [0.1, 0.15) is 114 Å². The quantitative estimate of drug-likeness (QED) is 0.0240. The molecule has 34 nitrogen and oxygen atoms in total. The van der Waals surface area contributed by atoms with Crippen LogP contribution in [0.2, 0.25) is 20.1 Å². The Balaban J connectivity index is 0.000000172. The molecule has 4 aliphatic heterocycles. The molecule has 622 valence electrons. The fourth-order valence-electron chi connectivity index (χ4n) is 13.2. The topological polar surface area (TPSA) is 431 Å². The smallest absolute Gasteiger partial charge is 0.290 e. The van der Waals surface area contributed by atoms with Gasteiger partial charge >= 0.3 is 0 Å². The molecule has 1 fully saturated rings. The molecular formula is C77H88Cl4F2N20O14. The number of imidazole rings is 2. The number of benzene rings is 3. The number of rotatable bonds is 28. The lowest BCUT2D eigenvalue weighted by molar-refractivity contribution is -0.127. The summed E-state index contributed by atoms with van der Waals surface area (Å²) in [5.74, 6) is -2.13. The molecular weight excluding hydrogens is 1610 g/mol. The minimum absolute atomic E-state index is 0.109. The number of ether oxygens (including phenoxy) is 3. The van der Waals surface area contributed by atoms with E-state index in [1.54, 1.807) is 92.7 Å². The fourth-order valence-corrected chi connectivity index (χ4v) is 13.9. The molecule has 0 spiro atoms. The number of aliphatic hydroxyl groups excluding tert-OH is 5. The van der Waals surface area contributed by atoms with E-state index >= 15 is 0 Å². The maximum absolute atomic E-state index is 14.0. The number of aromatic nitrogens is 11. The third-order valence-corrected chi connectivity index (χ3v) is 20.8. The molecule has 8 atom stereocenters. The summed E-state index contributed by atoms with van der Waals surface area (Å²) in [6.45, 7) is 10.2. The molecule has 11 N–H and O–H groups in total. The number of nitrogens with zero attached hydrogens (tertiary/aromatic N) is 14. The summed E-state index contributed by atoms with van der Waals surface area (Å²) in [6, 6.07) is 11.1. The highest BCUT2D eigenvalue weighted by Gasteiger charge is 2.39. The SMILES string of the molecule is COc1cc(F)cc([C@@H](CO)NC(=O)[C@@H](C)N2CCn3cc(-c4nc(N[C@@H](C)CO)ncc4Cl)nc3C2=O)c1.COc1cc(F)cc([C@@H](CO)NC(=O)[C@H](C)N2CCn3cc(-c4nc(N[C@@H](C)CO)ncc4Cl)nc3C2=O)c1.C[C@H](C(=O)N[C@H](CO)c1cccc(Cl)c1)N1CCn2cc(-c3nc(NC4CCOCC4)ncc3Cl)cc2C1=O. The van der Waals surface area contributed by atoms with Crippen LogP contribution >= 0.6 is 46.4 Å². The molecule has 10 heterocycles. The van der Waals surface area contributed by atoms with Crippen molar-refractivity contribution in [3.63, 3.8) is 0 Å². The second kappa shape index (κ2) is 39.4. The number of anilines is 3. The molecule has 4 aliphatic rings. The molecule has 40 heteroatoms. The Bertz CT molecular complexity index is 4870. The van der Waals surface area contributed by atoms with Gasteiger partial charge in [-0.3, -0.25) is 28.8 Å². The van der Waals surface area contributed by atoms with Crippen LogP contribution in [0.15, 0.2) is 104 Å². The number of hydrogen-bond donors (Lipinski definition) is 11. The zero-order chi connectivity index (χ0) is 84.1. The summed E-state index contributed by atoms with van der Waals surface area (Å²) in [5, 5.41) is 66.9. The summed E-state index contributed by atoms with van der Waals surface area (Å²) in [5.41, 5.74) is 4.31. The largest absolute Gasteiger partial charge is 0.497 e. The van der Waals surface area contributed by atoms with Crippen molar-refractivity contribution in [1.29, 1.82) is 0 Å². The Labute approximate surface area is 690 Å². The molecule has 6 aromatic heterocycles. The average Bonchev–Trinajstić information content (AvgIpc) is 1.65. The number of fused-ring (bicyclic) bond motifs is 3. The van der Waals surface area contributed by atoms with Gasteiger partial charge in [-0.1, -0.05) is 58.5 Å². The first-order valence-corrected chi connectivity index (χ1v) is 38.8. The zero-order valence-corrected chi connectivity index (χ0v) is 67.6. The van der Waals surface area contributed by atoms with Gasteiger partial charge < -0.3 is 100 Å². The molecule has 0 bridgehead atoms. The molecule has 0 unspecified atom stereocenters. The van der Waals surface area contributed by atoms with Crippen molar-refractivity contribution in [3.8, 4) is 45.5 Å².